The van der Waals surface area contributed by atoms with Gasteiger partial charge >= 0.3 is 0 Å². The van der Waals surface area contributed by atoms with Crippen molar-refractivity contribution in [3.8, 4) is 0 Å². The molecule has 0 spiro atoms. The van der Waals surface area contributed by atoms with Crippen molar-refractivity contribution in [2.75, 3.05) is 13.2 Å². The van der Waals surface area contributed by atoms with Gasteiger partial charge in [-0.2, -0.15) is 0 Å². The maximum absolute atomic E-state index is 11.0. The molecule has 0 unspecified atom stereocenters. The molecule has 3 nitrogen and oxygen atoms in total. The predicted molar refractivity (Wildman–Crippen MR) is 131 cm³/mol. The summed E-state index contributed by atoms with van der Waals surface area (Å²) in [7, 11) is -2.51. The third-order valence-electron chi connectivity index (χ3n) is 7.63. The minimum atomic E-state index is -2.51. The fraction of sp³-hybridized carbons (Fsp3) is 0.519. The molecule has 2 heterocycles. The molecule has 0 radical (unpaired) electrons. The molecular formula is C27H37NO2Si. The predicted octanol–water partition coefficient (Wildman–Crippen LogP) is 4.54. The number of nitrogens with zero attached hydrogens (tertiary/aromatic N) is 1. The van der Waals surface area contributed by atoms with Gasteiger partial charge in [0.15, 0.2) is 0 Å². The van der Waals surface area contributed by atoms with E-state index in [1.54, 1.807) is 0 Å². The van der Waals surface area contributed by atoms with E-state index in [2.05, 4.69) is 86.3 Å². The smallest absolute Gasteiger partial charge is 0.261 e. The number of carbonyl (C=O) groups is 1. The van der Waals surface area contributed by atoms with Crippen molar-refractivity contribution in [2.45, 2.75) is 75.9 Å². The molecule has 4 rings (SSSR count). The lowest BCUT2D eigenvalue weighted by molar-refractivity contribution is -0.108. The van der Waals surface area contributed by atoms with E-state index in [0.717, 1.165) is 25.9 Å². The van der Waals surface area contributed by atoms with Crippen molar-refractivity contribution in [1.29, 1.82) is 0 Å². The molecular weight excluding hydrogens is 398 g/mol. The third kappa shape index (κ3) is 4.06. The van der Waals surface area contributed by atoms with Crippen molar-refractivity contribution < 1.29 is 9.22 Å². The first-order valence-electron chi connectivity index (χ1n) is 11.9. The highest BCUT2D eigenvalue weighted by atomic mass is 28.4. The minimum Gasteiger partial charge on any atom is -0.406 e. The van der Waals surface area contributed by atoms with Crippen molar-refractivity contribution in [3.05, 3.63) is 60.7 Å². The first-order chi connectivity index (χ1) is 14.9. The number of carbonyl (C=O) groups excluding carboxylic acids is 1. The zero-order chi connectivity index (χ0) is 22.0. The third-order valence-corrected chi connectivity index (χ3v) is 12.6. The Balaban J connectivity index is 1.70. The summed E-state index contributed by atoms with van der Waals surface area (Å²) in [6.07, 6.45) is 7.57. The van der Waals surface area contributed by atoms with Gasteiger partial charge in [-0.05, 0) is 54.1 Å². The van der Waals surface area contributed by atoms with Gasteiger partial charge in [0.25, 0.3) is 8.32 Å². The van der Waals surface area contributed by atoms with Gasteiger partial charge in [-0.3, -0.25) is 4.90 Å². The first-order valence-corrected chi connectivity index (χ1v) is 13.8. The van der Waals surface area contributed by atoms with Gasteiger partial charge in [-0.15, -0.1) is 0 Å². The molecule has 2 fully saturated rings. The van der Waals surface area contributed by atoms with Crippen LogP contribution in [0.25, 0.3) is 0 Å². The fourth-order valence-corrected chi connectivity index (χ4v) is 10.8. The van der Waals surface area contributed by atoms with E-state index >= 15 is 0 Å². The Hall–Kier alpha value is -1.75. The van der Waals surface area contributed by atoms with Crippen molar-refractivity contribution in [1.82, 2.24) is 4.90 Å². The fourth-order valence-electron chi connectivity index (χ4n) is 6.18. The standard InChI is InChI=1S/C27H37NO2Si/c1-26(2,3)31(24-13-6-4-7-14-24,25-15-8-5-9-16-25)30-22-27-18-11-20-28(27)23(17-19-27)12-10-21-29/h4-9,13-16,21,23H,10-12,17-20,22H2,1-3H3/t23-,27-/m1/s1. The van der Waals surface area contributed by atoms with E-state index in [1.165, 1.54) is 36.1 Å². The molecule has 2 saturated heterocycles. The van der Waals surface area contributed by atoms with E-state index in [9.17, 15) is 4.79 Å². The van der Waals surface area contributed by atoms with Crippen LogP contribution in [0.5, 0.6) is 0 Å². The number of aldehydes is 1. The number of benzene rings is 2. The van der Waals surface area contributed by atoms with Crippen LogP contribution in [-0.4, -0.2) is 44.2 Å². The molecule has 2 aliphatic rings. The largest absolute Gasteiger partial charge is 0.406 e. The van der Waals surface area contributed by atoms with Gasteiger partial charge < -0.3 is 9.22 Å². The van der Waals surface area contributed by atoms with Crippen molar-refractivity contribution in [2.24, 2.45) is 0 Å². The summed E-state index contributed by atoms with van der Waals surface area (Å²) in [5, 5.41) is 2.71. The lowest BCUT2D eigenvalue weighted by atomic mass is 9.95. The van der Waals surface area contributed by atoms with E-state index in [-0.39, 0.29) is 10.6 Å². The Morgan fingerprint density at radius 2 is 1.65 bits per heavy atom. The lowest BCUT2D eigenvalue weighted by Crippen LogP contribution is -2.68. The summed E-state index contributed by atoms with van der Waals surface area (Å²) in [6.45, 7) is 8.99. The molecule has 2 atom stereocenters. The Kier molecular flexibility index (Phi) is 6.52. The Labute approximate surface area is 188 Å². The van der Waals surface area contributed by atoms with Gasteiger partial charge in [-0.1, -0.05) is 81.4 Å². The molecule has 0 bridgehead atoms. The topological polar surface area (TPSA) is 29.5 Å². The second-order valence-corrected chi connectivity index (χ2v) is 14.7. The van der Waals surface area contributed by atoms with Crippen LogP contribution in [0.1, 0.15) is 59.3 Å². The molecule has 0 saturated carbocycles. The van der Waals surface area contributed by atoms with E-state index in [4.69, 9.17) is 4.43 Å². The molecule has 0 amide bonds. The van der Waals surface area contributed by atoms with Crippen LogP contribution in [-0.2, 0) is 9.22 Å². The summed E-state index contributed by atoms with van der Waals surface area (Å²) in [6, 6.07) is 22.4. The van der Waals surface area contributed by atoms with Crippen LogP contribution in [0.15, 0.2) is 60.7 Å². The molecule has 0 N–H and O–H groups in total. The highest BCUT2D eigenvalue weighted by Crippen LogP contribution is 2.45. The SMILES string of the molecule is CC(C)(C)[Si](OC[C@]12CCCN1[C@H](CCC=O)CC2)(c1ccccc1)c1ccccc1. The van der Waals surface area contributed by atoms with E-state index < -0.39 is 8.32 Å². The second kappa shape index (κ2) is 9.01. The number of hydrogen-bond donors (Lipinski definition) is 0. The molecule has 4 heteroatoms. The van der Waals surface area contributed by atoms with Crippen LogP contribution >= 0.6 is 0 Å². The van der Waals surface area contributed by atoms with Crippen LogP contribution in [0.4, 0.5) is 0 Å². The number of fused-ring (bicyclic) bond motifs is 1. The average Bonchev–Trinajstić information content (AvgIpc) is 3.33. The molecule has 31 heavy (non-hydrogen) atoms. The van der Waals surface area contributed by atoms with Crippen LogP contribution in [0, 0.1) is 0 Å². The van der Waals surface area contributed by atoms with Crippen molar-refractivity contribution >= 4 is 25.0 Å². The van der Waals surface area contributed by atoms with Gasteiger partial charge in [0, 0.05) is 18.0 Å². The summed E-state index contributed by atoms with van der Waals surface area (Å²) >= 11 is 0. The van der Waals surface area contributed by atoms with E-state index in [1.807, 2.05) is 0 Å². The molecule has 2 aromatic carbocycles. The molecule has 0 aromatic heterocycles. The Bertz CT molecular complexity index is 824. The van der Waals surface area contributed by atoms with Gasteiger partial charge in [0.1, 0.15) is 6.29 Å². The van der Waals surface area contributed by atoms with Gasteiger partial charge in [-0.25, -0.2) is 0 Å². The molecule has 2 aromatic rings. The molecule has 2 aliphatic heterocycles. The zero-order valence-electron chi connectivity index (χ0n) is 19.3. The average molecular weight is 436 g/mol. The quantitative estimate of drug-likeness (QED) is 0.450. The van der Waals surface area contributed by atoms with Crippen LogP contribution in [0.3, 0.4) is 0 Å². The maximum atomic E-state index is 11.0. The van der Waals surface area contributed by atoms with Gasteiger partial charge in [0.2, 0.25) is 0 Å². The Morgan fingerprint density at radius 3 is 2.19 bits per heavy atom. The minimum absolute atomic E-state index is 0.00526. The zero-order valence-corrected chi connectivity index (χ0v) is 20.3. The van der Waals surface area contributed by atoms with Gasteiger partial charge in [0.05, 0.1) is 6.61 Å². The first kappa shape index (κ1) is 22.4. The summed E-state index contributed by atoms with van der Waals surface area (Å²) in [5.41, 5.74) is 0.139. The number of rotatable bonds is 8. The number of hydrogen-bond acceptors (Lipinski definition) is 3. The van der Waals surface area contributed by atoms with Crippen molar-refractivity contribution in [3.63, 3.8) is 0 Å². The monoisotopic (exact) mass is 435 g/mol. The van der Waals surface area contributed by atoms with Crippen LogP contribution in [0.2, 0.25) is 5.04 Å². The summed E-state index contributed by atoms with van der Waals surface area (Å²) in [5.74, 6) is 0. The van der Waals surface area contributed by atoms with E-state index in [0.29, 0.717) is 12.5 Å². The molecule has 166 valence electrons. The normalized spacial score (nSPS) is 24.3. The summed E-state index contributed by atoms with van der Waals surface area (Å²) < 4.78 is 7.34. The van der Waals surface area contributed by atoms with Crippen LogP contribution < -0.4 is 10.4 Å². The maximum Gasteiger partial charge on any atom is 0.261 e. The second-order valence-electron chi connectivity index (χ2n) is 10.4. The highest BCUT2D eigenvalue weighted by molar-refractivity contribution is 6.99. The highest BCUT2D eigenvalue weighted by Gasteiger charge is 2.54. The summed E-state index contributed by atoms with van der Waals surface area (Å²) in [4.78, 5) is 13.7. The molecule has 0 aliphatic carbocycles. The Morgan fingerprint density at radius 1 is 1.03 bits per heavy atom. The lowest BCUT2D eigenvalue weighted by Gasteiger charge is -2.46.